The zero-order valence-electron chi connectivity index (χ0n) is 32.6. The van der Waals surface area contributed by atoms with Crippen LogP contribution in [0.4, 0.5) is 4.79 Å². The highest BCUT2D eigenvalue weighted by Crippen LogP contribution is 2.77. The third-order valence-corrected chi connectivity index (χ3v) is 16.0. The number of carboxylic acids is 1. The second-order valence-electron chi connectivity index (χ2n) is 18.4. The van der Waals surface area contributed by atoms with E-state index in [9.17, 15) is 14.7 Å². The summed E-state index contributed by atoms with van der Waals surface area (Å²) in [6.45, 7) is 24.3. The number of hydrogen-bond acceptors (Lipinski definition) is 5. The van der Waals surface area contributed by atoms with Gasteiger partial charge in [-0.2, -0.15) is 0 Å². The Morgan fingerprint density at radius 3 is 2.33 bits per heavy atom. The number of benzene rings is 1. The second kappa shape index (κ2) is 14.6. The highest BCUT2D eigenvalue weighted by Gasteiger charge is 2.69. The van der Waals surface area contributed by atoms with Crippen LogP contribution in [0.25, 0.3) is 5.57 Å². The van der Waals surface area contributed by atoms with E-state index in [2.05, 4.69) is 62.8 Å². The molecule has 4 saturated carbocycles. The number of ether oxygens (including phenoxy) is 1. The molecule has 7 nitrogen and oxygen atoms in total. The van der Waals surface area contributed by atoms with E-state index in [0.717, 1.165) is 51.6 Å². The fourth-order valence-corrected chi connectivity index (χ4v) is 13.4. The lowest BCUT2D eigenvalue weighted by atomic mass is 9.32. The fourth-order valence-electron chi connectivity index (χ4n) is 13.4. The summed E-state index contributed by atoms with van der Waals surface area (Å²) in [5.41, 5.74) is 4.03. The van der Waals surface area contributed by atoms with Crippen molar-refractivity contribution in [3.05, 3.63) is 54.1 Å². The zero-order valence-corrected chi connectivity index (χ0v) is 32.6. The lowest BCUT2D eigenvalue weighted by molar-refractivity contribution is -0.222. The van der Waals surface area contributed by atoms with Gasteiger partial charge in [-0.15, -0.1) is 6.58 Å². The molecule has 1 saturated heterocycles. The van der Waals surface area contributed by atoms with Crippen LogP contribution in [0.2, 0.25) is 0 Å². The van der Waals surface area contributed by atoms with Crippen LogP contribution in [0.5, 0.6) is 0 Å². The molecule has 1 amide bonds. The number of nitrogens with zero attached hydrogens (tertiary/aromatic N) is 1. The largest absolute Gasteiger partial charge is 0.478 e. The third kappa shape index (κ3) is 6.62. The van der Waals surface area contributed by atoms with Gasteiger partial charge in [0.2, 0.25) is 0 Å². The number of alkyl carbamates (subject to hydrolysis) is 1. The van der Waals surface area contributed by atoms with Gasteiger partial charge in [-0.3, -0.25) is 4.90 Å². The highest BCUT2D eigenvalue weighted by molar-refractivity contribution is 5.88. The molecular weight excluding hydrogens is 635 g/mol. The van der Waals surface area contributed by atoms with Crippen molar-refractivity contribution in [1.82, 2.24) is 15.5 Å². The van der Waals surface area contributed by atoms with Crippen LogP contribution in [0.1, 0.15) is 122 Å². The number of nitrogens with one attached hydrogen (secondary N) is 2. The summed E-state index contributed by atoms with van der Waals surface area (Å²) in [6.07, 6.45) is 16.6. The summed E-state index contributed by atoms with van der Waals surface area (Å²) in [4.78, 5) is 26.8. The van der Waals surface area contributed by atoms with Gasteiger partial charge >= 0.3 is 12.1 Å². The van der Waals surface area contributed by atoms with Gasteiger partial charge < -0.3 is 20.5 Å². The summed E-state index contributed by atoms with van der Waals surface area (Å²) in [5.74, 6) is 1.82. The normalized spacial score (nSPS) is 38.3. The maximum absolute atomic E-state index is 12.9. The molecule has 7 unspecified atom stereocenters. The smallest absolute Gasteiger partial charge is 0.407 e. The van der Waals surface area contributed by atoms with Gasteiger partial charge in [-0.1, -0.05) is 65.3 Å². The van der Waals surface area contributed by atoms with Crippen molar-refractivity contribution in [3.63, 3.8) is 0 Å². The van der Waals surface area contributed by atoms with E-state index in [1.54, 1.807) is 18.2 Å². The molecule has 1 aromatic carbocycles. The van der Waals surface area contributed by atoms with Crippen molar-refractivity contribution >= 4 is 17.6 Å². The number of hydrogen-bond donors (Lipinski definition) is 3. The number of aromatic carboxylic acids is 1. The summed E-state index contributed by atoms with van der Waals surface area (Å²) < 4.78 is 5.68. The Bertz CT molecular complexity index is 1460. The van der Waals surface area contributed by atoms with E-state index in [1.807, 2.05) is 19.1 Å². The average molecular weight is 702 g/mol. The second-order valence-corrected chi connectivity index (χ2v) is 18.4. The Morgan fingerprint density at radius 1 is 0.941 bits per heavy atom. The predicted molar refractivity (Wildman–Crippen MR) is 207 cm³/mol. The lowest BCUT2D eigenvalue weighted by Gasteiger charge is -2.72. The quantitative estimate of drug-likeness (QED) is 0.246. The number of piperazine rings is 1. The fraction of sp³-hybridized carbons (Fsp3) is 0.727. The van der Waals surface area contributed by atoms with E-state index >= 15 is 0 Å². The molecule has 7 heteroatoms. The molecular formula is C44H67N3O4. The minimum Gasteiger partial charge on any atom is -0.478 e. The monoisotopic (exact) mass is 702 g/mol. The topological polar surface area (TPSA) is 90.9 Å². The Hall–Kier alpha value is -2.64. The van der Waals surface area contributed by atoms with Crippen LogP contribution in [-0.2, 0) is 4.74 Å². The number of carbonyl (C=O) groups excluding carboxylic acids is 1. The van der Waals surface area contributed by atoms with Crippen LogP contribution in [0, 0.1) is 50.7 Å². The Balaban J connectivity index is 0.00000144. The van der Waals surface area contributed by atoms with Crippen LogP contribution < -0.4 is 10.6 Å². The zero-order chi connectivity index (χ0) is 36.7. The number of carbonyl (C=O) groups is 2. The first-order valence-electron chi connectivity index (χ1n) is 20.2. The van der Waals surface area contributed by atoms with Crippen molar-refractivity contribution in [2.45, 2.75) is 106 Å². The summed E-state index contributed by atoms with van der Waals surface area (Å²) in [7, 11) is 0. The molecule has 6 aliphatic rings. The molecule has 7 rings (SSSR count). The molecule has 5 aliphatic carbocycles. The van der Waals surface area contributed by atoms with Crippen LogP contribution in [0.3, 0.4) is 0 Å². The maximum Gasteiger partial charge on any atom is 0.407 e. The minimum absolute atomic E-state index is 0.0231. The number of rotatable bonds is 7. The molecule has 3 N–H and O–H groups in total. The van der Waals surface area contributed by atoms with Crippen molar-refractivity contribution in [2.75, 3.05) is 45.9 Å². The van der Waals surface area contributed by atoms with Crippen molar-refractivity contribution in [3.8, 4) is 0 Å². The number of allylic oxidation sites excluding steroid dienone is 3. The molecule has 0 spiro atoms. The molecule has 0 bridgehead atoms. The molecule has 282 valence electrons. The SMILES string of the molecule is C=CC.CC1(C)C(c2ccc(C(=O)O)cc2)=CCC2(C)C1CCC1(C)C2CCC2C3CCCC3(CNC(=O)OCCN3CCNCC3)CC[C@]21C. The maximum atomic E-state index is 12.9. The molecule has 0 radical (unpaired) electrons. The summed E-state index contributed by atoms with van der Waals surface area (Å²) >= 11 is 0. The van der Waals surface area contributed by atoms with Crippen molar-refractivity contribution in [1.29, 1.82) is 0 Å². The first-order chi connectivity index (χ1) is 24.3. The standard InChI is InChI=1S/C41H61N3O4.C3H6/c1-37(2)30(28-8-10-29(11-9-28)35(45)46)14-17-38(3)33(37)15-18-40(5)34(38)13-12-31-32-7-6-16-41(32,20-19-39(31,40)4)27-43-36(47)48-26-25-44-23-21-42-22-24-44;1-3-2/h8-11,14,31-34,42H,6-7,12-13,15-27H2,1-5H3,(H,43,47)(H,45,46);3H,1H2,2H3/t31?,32?,33?,34?,38?,39-,40?,41?;/m1./s1. The molecule has 5 fully saturated rings. The molecule has 1 heterocycles. The summed E-state index contributed by atoms with van der Waals surface area (Å²) in [5, 5.41) is 16.1. The Labute approximate surface area is 308 Å². The van der Waals surface area contributed by atoms with Gasteiger partial charge in [0.15, 0.2) is 0 Å². The van der Waals surface area contributed by atoms with Gasteiger partial charge in [0.05, 0.1) is 5.56 Å². The van der Waals surface area contributed by atoms with E-state index in [-0.39, 0.29) is 22.3 Å². The number of amides is 1. The number of fused-ring (bicyclic) bond motifs is 7. The third-order valence-electron chi connectivity index (χ3n) is 16.0. The number of carboxylic acid groups (broad SMARTS) is 1. The molecule has 1 aliphatic heterocycles. The Kier molecular flexibility index (Phi) is 10.9. The average Bonchev–Trinajstić information content (AvgIpc) is 3.53. The van der Waals surface area contributed by atoms with Crippen LogP contribution >= 0.6 is 0 Å². The lowest BCUT2D eigenvalue weighted by Crippen LogP contribution is -2.65. The van der Waals surface area contributed by atoms with Crippen LogP contribution in [0.15, 0.2) is 43.0 Å². The predicted octanol–water partition coefficient (Wildman–Crippen LogP) is 9.06. The van der Waals surface area contributed by atoms with Gasteiger partial charge in [0, 0.05) is 39.3 Å². The first kappa shape index (κ1) is 38.1. The minimum atomic E-state index is -0.866. The van der Waals surface area contributed by atoms with Gasteiger partial charge in [0.1, 0.15) is 6.61 Å². The van der Waals surface area contributed by atoms with Gasteiger partial charge in [-0.25, -0.2) is 9.59 Å². The van der Waals surface area contributed by atoms with E-state index in [1.165, 1.54) is 68.9 Å². The highest BCUT2D eigenvalue weighted by atomic mass is 16.5. The van der Waals surface area contributed by atoms with Crippen molar-refractivity contribution < 1.29 is 19.4 Å². The first-order valence-corrected chi connectivity index (χ1v) is 20.2. The van der Waals surface area contributed by atoms with E-state index in [0.29, 0.717) is 40.8 Å². The molecule has 0 aromatic heterocycles. The van der Waals surface area contributed by atoms with E-state index < -0.39 is 5.97 Å². The van der Waals surface area contributed by atoms with Crippen molar-refractivity contribution in [2.24, 2.45) is 50.7 Å². The Morgan fingerprint density at radius 2 is 1.65 bits per heavy atom. The van der Waals surface area contributed by atoms with Gasteiger partial charge in [-0.05, 0) is 139 Å². The summed E-state index contributed by atoms with van der Waals surface area (Å²) in [6, 6.07) is 7.58. The molecule has 51 heavy (non-hydrogen) atoms. The molecule has 1 aromatic rings. The molecule has 8 atom stereocenters. The van der Waals surface area contributed by atoms with E-state index in [4.69, 9.17) is 4.74 Å². The van der Waals surface area contributed by atoms with Gasteiger partial charge in [0.25, 0.3) is 0 Å². The van der Waals surface area contributed by atoms with Crippen LogP contribution in [-0.4, -0.2) is 67.9 Å².